The molecule has 1 aliphatic heterocycles. The fraction of sp³-hybridized carbons (Fsp3) is 1.00. The van der Waals surface area contributed by atoms with E-state index in [1.807, 2.05) is 0 Å². The van der Waals surface area contributed by atoms with Crippen LogP contribution in [0, 0.1) is 11.8 Å². The molecule has 1 saturated carbocycles. The average Bonchev–Trinajstić information content (AvgIpc) is 2.15. The van der Waals surface area contributed by atoms with Crippen molar-refractivity contribution in [3.8, 4) is 0 Å². The van der Waals surface area contributed by atoms with Gasteiger partial charge in [0.1, 0.15) is 0 Å². The van der Waals surface area contributed by atoms with E-state index in [9.17, 15) is 0 Å². The molecule has 1 N–H and O–H groups in total. The second-order valence-electron chi connectivity index (χ2n) is 4.62. The van der Waals surface area contributed by atoms with Crippen molar-refractivity contribution >= 4 is 0 Å². The lowest BCUT2D eigenvalue weighted by atomic mass is 9.73. The fourth-order valence-corrected chi connectivity index (χ4v) is 3.26. The molecule has 0 aromatic heterocycles. The van der Waals surface area contributed by atoms with E-state index in [0.717, 1.165) is 17.9 Å². The van der Waals surface area contributed by atoms with Gasteiger partial charge in [-0.2, -0.15) is 0 Å². The molecule has 2 unspecified atom stereocenters. The number of piperidine rings is 1. The lowest BCUT2D eigenvalue weighted by Gasteiger charge is -2.47. The summed E-state index contributed by atoms with van der Waals surface area (Å²) < 4.78 is 0. The van der Waals surface area contributed by atoms with Crippen LogP contribution in [0.3, 0.4) is 0 Å². The molecule has 13 heavy (non-hydrogen) atoms. The van der Waals surface area contributed by atoms with E-state index < -0.39 is 0 Å². The zero-order valence-electron chi connectivity index (χ0n) is 8.92. The third-order valence-electron chi connectivity index (χ3n) is 3.93. The number of likely N-dealkylation sites (tertiary alicyclic amines) is 1. The Hall–Kier alpha value is -0.0800. The summed E-state index contributed by atoms with van der Waals surface area (Å²) in [7, 11) is 2.14. The van der Waals surface area contributed by atoms with Crippen molar-refractivity contribution in [3.63, 3.8) is 0 Å². The molecule has 0 aromatic carbocycles. The number of nitrogens with zero attached hydrogens (tertiary/aromatic N) is 1. The van der Waals surface area contributed by atoms with Gasteiger partial charge >= 0.3 is 0 Å². The van der Waals surface area contributed by atoms with Gasteiger partial charge in [0.05, 0.1) is 0 Å². The Kier molecular flexibility index (Phi) is 2.89. The summed E-state index contributed by atoms with van der Waals surface area (Å²) in [4.78, 5) is 2.63. The first-order valence-electron chi connectivity index (χ1n) is 5.74. The standard InChI is InChI=1S/C11H22N2/c1-3-13-7-9-5-4-6-10(8-13)11(9)12-2/h9-12H,3-8H2,1-2H3. The third-order valence-corrected chi connectivity index (χ3v) is 3.93. The summed E-state index contributed by atoms with van der Waals surface area (Å²) in [6.07, 6.45) is 4.35. The van der Waals surface area contributed by atoms with Gasteiger partial charge in [-0.3, -0.25) is 0 Å². The SMILES string of the molecule is CCN1CC2CCCC(C1)C2NC. The molecule has 2 bridgehead atoms. The number of rotatable bonds is 2. The Labute approximate surface area is 81.7 Å². The van der Waals surface area contributed by atoms with Crippen molar-refractivity contribution in [2.24, 2.45) is 11.8 Å². The molecule has 76 valence electrons. The first kappa shape index (κ1) is 9.47. The average molecular weight is 182 g/mol. The van der Waals surface area contributed by atoms with Gasteiger partial charge in [-0.15, -0.1) is 0 Å². The van der Waals surface area contributed by atoms with Crippen LogP contribution in [-0.4, -0.2) is 37.6 Å². The Bertz CT molecular complexity index is 155. The maximum atomic E-state index is 3.52. The maximum absolute atomic E-state index is 3.52. The van der Waals surface area contributed by atoms with Crippen molar-refractivity contribution < 1.29 is 0 Å². The van der Waals surface area contributed by atoms with E-state index in [1.54, 1.807) is 0 Å². The molecule has 2 aliphatic rings. The molecule has 2 fully saturated rings. The third kappa shape index (κ3) is 1.75. The number of nitrogens with one attached hydrogen (secondary N) is 1. The number of hydrogen-bond donors (Lipinski definition) is 1. The van der Waals surface area contributed by atoms with Crippen LogP contribution in [0.15, 0.2) is 0 Å². The summed E-state index contributed by atoms with van der Waals surface area (Å²) in [5.74, 6) is 1.86. The van der Waals surface area contributed by atoms with Gasteiger partial charge in [0.25, 0.3) is 0 Å². The van der Waals surface area contributed by atoms with Crippen molar-refractivity contribution in [1.82, 2.24) is 10.2 Å². The highest BCUT2D eigenvalue weighted by atomic mass is 15.2. The van der Waals surface area contributed by atoms with Crippen molar-refractivity contribution in [1.29, 1.82) is 0 Å². The maximum Gasteiger partial charge on any atom is 0.0145 e. The van der Waals surface area contributed by atoms with E-state index in [1.165, 1.54) is 38.9 Å². The van der Waals surface area contributed by atoms with E-state index >= 15 is 0 Å². The van der Waals surface area contributed by atoms with Gasteiger partial charge in [-0.25, -0.2) is 0 Å². The summed E-state index contributed by atoms with van der Waals surface area (Å²) in [5.41, 5.74) is 0. The smallest absolute Gasteiger partial charge is 0.0145 e. The van der Waals surface area contributed by atoms with Crippen LogP contribution in [-0.2, 0) is 0 Å². The molecule has 2 rings (SSSR count). The van der Waals surface area contributed by atoms with Crippen LogP contribution < -0.4 is 5.32 Å². The summed E-state index contributed by atoms with van der Waals surface area (Å²) in [6.45, 7) is 6.19. The minimum absolute atomic E-state index is 0.816. The van der Waals surface area contributed by atoms with Gasteiger partial charge in [0, 0.05) is 19.1 Å². The zero-order valence-corrected chi connectivity index (χ0v) is 8.92. The van der Waals surface area contributed by atoms with Gasteiger partial charge in [-0.05, 0) is 38.3 Å². The van der Waals surface area contributed by atoms with Gasteiger partial charge in [0.2, 0.25) is 0 Å². The molecule has 1 saturated heterocycles. The Morgan fingerprint density at radius 1 is 1.23 bits per heavy atom. The predicted molar refractivity (Wildman–Crippen MR) is 55.8 cm³/mol. The summed E-state index contributed by atoms with van der Waals surface area (Å²) >= 11 is 0. The Morgan fingerprint density at radius 3 is 2.31 bits per heavy atom. The number of fused-ring (bicyclic) bond motifs is 2. The van der Waals surface area contributed by atoms with Crippen molar-refractivity contribution in [3.05, 3.63) is 0 Å². The molecule has 2 atom stereocenters. The van der Waals surface area contributed by atoms with Gasteiger partial charge in [0.15, 0.2) is 0 Å². The van der Waals surface area contributed by atoms with E-state index in [4.69, 9.17) is 0 Å². The van der Waals surface area contributed by atoms with Crippen LogP contribution in [0.25, 0.3) is 0 Å². The highest BCUT2D eigenvalue weighted by Crippen LogP contribution is 2.34. The largest absolute Gasteiger partial charge is 0.316 e. The molecule has 0 aromatic rings. The van der Waals surface area contributed by atoms with E-state index in [0.29, 0.717) is 0 Å². The first-order chi connectivity index (χ1) is 6.35. The van der Waals surface area contributed by atoms with E-state index in [-0.39, 0.29) is 0 Å². The van der Waals surface area contributed by atoms with Crippen LogP contribution in [0.4, 0.5) is 0 Å². The highest BCUT2D eigenvalue weighted by Gasteiger charge is 2.37. The molecule has 1 heterocycles. The Morgan fingerprint density at radius 2 is 1.85 bits per heavy atom. The Balaban J connectivity index is 2.03. The summed E-state index contributed by atoms with van der Waals surface area (Å²) in [6, 6.07) is 0.816. The molecular weight excluding hydrogens is 160 g/mol. The minimum Gasteiger partial charge on any atom is -0.316 e. The molecule has 2 heteroatoms. The monoisotopic (exact) mass is 182 g/mol. The summed E-state index contributed by atoms with van der Waals surface area (Å²) in [5, 5.41) is 3.52. The molecule has 0 radical (unpaired) electrons. The topological polar surface area (TPSA) is 15.3 Å². The quantitative estimate of drug-likeness (QED) is 0.693. The lowest BCUT2D eigenvalue weighted by molar-refractivity contribution is 0.0537. The van der Waals surface area contributed by atoms with Crippen LogP contribution in [0.2, 0.25) is 0 Å². The molecular formula is C11H22N2. The van der Waals surface area contributed by atoms with Gasteiger partial charge < -0.3 is 10.2 Å². The van der Waals surface area contributed by atoms with Gasteiger partial charge in [-0.1, -0.05) is 13.3 Å². The van der Waals surface area contributed by atoms with Crippen LogP contribution in [0.1, 0.15) is 26.2 Å². The molecule has 0 amide bonds. The van der Waals surface area contributed by atoms with Crippen LogP contribution in [0.5, 0.6) is 0 Å². The molecule has 1 aliphatic carbocycles. The van der Waals surface area contributed by atoms with Crippen molar-refractivity contribution in [2.45, 2.75) is 32.2 Å². The normalized spacial score (nSPS) is 40.6. The second kappa shape index (κ2) is 3.97. The predicted octanol–water partition coefficient (Wildman–Crippen LogP) is 1.33. The van der Waals surface area contributed by atoms with Crippen LogP contribution >= 0.6 is 0 Å². The lowest BCUT2D eigenvalue weighted by Crippen LogP contribution is -2.56. The minimum atomic E-state index is 0.816. The number of hydrogen-bond acceptors (Lipinski definition) is 2. The molecule has 2 nitrogen and oxygen atoms in total. The zero-order chi connectivity index (χ0) is 9.26. The molecule has 0 spiro atoms. The highest BCUT2D eigenvalue weighted by molar-refractivity contribution is 4.93. The fourth-order valence-electron chi connectivity index (χ4n) is 3.26. The first-order valence-corrected chi connectivity index (χ1v) is 5.74. The van der Waals surface area contributed by atoms with Crippen molar-refractivity contribution in [2.75, 3.05) is 26.7 Å². The van der Waals surface area contributed by atoms with E-state index in [2.05, 4.69) is 24.2 Å². The second-order valence-corrected chi connectivity index (χ2v) is 4.62.